The number of nitrogens with zero attached hydrogens (tertiary/aromatic N) is 3. The van der Waals surface area contributed by atoms with E-state index < -0.39 is 5.97 Å². The van der Waals surface area contributed by atoms with Gasteiger partial charge in [-0.25, -0.2) is 0 Å². The molecule has 8 nitrogen and oxygen atoms in total. The lowest BCUT2D eigenvalue weighted by molar-refractivity contribution is -0.141. The van der Waals surface area contributed by atoms with Gasteiger partial charge >= 0.3 is 5.97 Å². The minimum Gasteiger partial charge on any atom is -0.469 e. The molecule has 2 rings (SSSR count). The summed E-state index contributed by atoms with van der Waals surface area (Å²) in [4.78, 5) is 22.9. The van der Waals surface area contributed by atoms with Crippen molar-refractivity contribution in [3.63, 3.8) is 0 Å². The van der Waals surface area contributed by atoms with Gasteiger partial charge in [-0.3, -0.25) is 9.59 Å². The summed E-state index contributed by atoms with van der Waals surface area (Å²) >= 11 is 5.92. The Hall–Kier alpha value is -2.48. The topological polar surface area (TPSA) is 110 Å². The zero-order valence-electron chi connectivity index (χ0n) is 11.1. The summed E-state index contributed by atoms with van der Waals surface area (Å²) in [6.45, 7) is 0. The van der Waals surface area contributed by atoms with Crippen molar-refractivity contribution in [1.82, 2.24) is 20.6 Å². The Balaban J connectivity index is 2.14. The van der Waals surface area contributed by atoms with Gasteiger partial charge in [0.15, 0.2) is 0 Å². The second-order valence-corrected chi connectivity index (χ2v) is 4.49. The smallest absolute Gasteiger partial charge is 0.306 e. The normalized spacial score (nSPS) is 10.2. The van der Waals surface area contributed by atoms with Gasteiger partial charge in [0.05, 0.1) is 19.2 Å². The van der Waals surface area contributed by atoms with Crippen molar-refractivity contribution in [3.8, 4) is 11.4 Å². The van der Waals surface area contributed by atoms with Crippen molar-refractivity contribution in [1.29, 1.82) is 0 Å². The molecule has 21 heavy (non-hydrogen) atoms. The highest BCUT2D eigenvalue weighted by atomic mass is 35.5. The van der Waals surface area contributed by atoms with Gasteiger partial charge < -0.3 is 10.1 Å². The summed E-state index contributed by atoms with van der Waals surface area (Å²) < 4.78 is 4.48. The van der Waals surface area contributed by atoms with Gasteiger partial charge in [-0.1, -0.05) is 11.6 Å². The summed E-state index contributed by atoms with van der Waals surface area (Å²) in [6.07, 6.45) is 0.00527. The van der Waals surface area contributed by atoms with Crippen LogP contribution in [-0.4, -0.2) is 39.6 Å². The molecule has 9 heteroatoms. The molecule has 0 aliphatic carbocycles. The molecule has 0 aliphatic rings. The van der Waals surface area contributed by atoms with E-state index in [1.807, 2.05) is 0 Å². The molecule has 110 valence electrons. The van der Waals surface area contributed by atoms with Gasteiger partial charge in [0, 0.05) is 17.0 Å². The molecule has 0 spiro atoms. The van der Waals surface area contributed by atoms with E-state index in [0.29, 0.717) is 22.1 Å². The molecule has 0 saturated carbocycles. The van der Waals surface area contributed by atoms with Crippen LogP contribution in [0.5, 0.6) is 0 Å². The molecule has 1 heterocycles. The predicted octanol–water partition coefficient (Wildman–Crippen LogP) is 1.41. The fourth-order valence-corrected chi connectivity index (χ4v) is 1.79. The lowest BCUT2D eigenvalue weighted by Crippen LogP contribution is -2.14. The molecule has 0 bridgehead atoms. The number of H-pyrrole nitrogens is 1. The van der Waals surface area contributed by atoms with Crippen molar-refractivity contribution in [3.05, 3.63) is 23.2 Å². The second-order valence-electron chi connectivity index (χ2n) is 4.05. The zero-order chi connectivity index (χ0) is 15.2. The van der Waals surface area contributed by atoms with Gasteiger partial charge in [-0.05, 0) is 23.4 Å². The molecule has 0 fully saturated rings. The number of rotatable bonds is 5. The molecule has 2 aromatic rings. The molecule has 1 aromatic carbocycles. The van der Waals surface area contributed by atoms with Crippen LogP contribution in [0, 0.1) is 0 Å². The van der Waals surface area contributed by atoms with Crippen molar-refractivity contribution < 1.29 is 14.3 Å². The number of hydrogen-bond donors (Lipinski definition) is 2. The summed E-state index contributed by atoms with van der Waals surface area (Å²) in [6, 6.07) is 4.89. The second kappa shape index (κ2) is 6.80. The number of tetrazole rings is 1. The zero-order valence-corrected chi connectivity index (χ0v) is 11.8. The summed E-state index contributed by atoms with van der Waals surface area (Å²) in [7, 11) is 1.27. The molecular weight excluding hydrogens is 298 g/mol. The van der Waals surface area contributed by atoms with E-state index in [4.69, 9.17) is 11.6 Å². The summed E-state index contributed by atoms with van der Waals surface area (Å²) in [5.74, 6) is -0.461. The van der Waals surface area contributed by atoms with Crippen LogP contribution < -0.4 is 5.32 Å². The number of aromatic nitrogens is 4. The number of benzene rings is 1. The number of anilines is 1. The largest absolute Gasteiger partial charge is 0.469 e. The molecule has 2 N–H and O–H groups in total. The Kier molecular flexibility index (Phi) is 4.83. The maximum Gasteiger partial charge on any atom is 0.306 e. The fourth-order valence-electron chi connectivity index (χ4n) is 1.62. The number of amides is 1. The van der Waals surface area contributed by atoms with Crippen LogP contribution in [0.25, 0.3) is 11.4 Å². The Morgan fingerprint density at radius 1 is 1.38 bits per heavy atom. The molecular formula is C12H12ClN5O3. The number of halogens is 1. The van der Waals surface area contributed by atoms with E-state index in [1.54, 1.807) is 18.2 Å². The number of nitrogens with one attached hydrogen (secondary N) is 2. The van der Waals surface area contributed by atoms with Gasteiger partial charge in [0.25, 0.3) is 0 Å². The molecule has 0 radical (unpaired) electrons. The Morgan fingerprint density at radius 3 is 2.86 bits per heavy atom. The first-order chi connectivity index (χ1) is 10.1. The standard InChI is InChI=1S/C12H12ClN5O3/c1-21-11(20)5-4-10(19)14-9-6-7(13)2-3-8(9)12-15-17-18-16-12/h2-3,6H,4-5H2,1H3,(H,14,19)(H,15,16,17,18). The monoisotopic (exact) mass is 309 g/mol. The van der Waals surface area contributed by atoms with Gasteiger partial charge in [-0.15, -0.1) is 10.2 Å². The van der Waals surface area contributed by atoms with Gasteiger partial charge in [0.1, 0.15) is 0 Å². The Labute approximate surface area is 124 Å². The molecule has 0 unspecified atom stereocenters. The first kappa shape index (κ1) is 14.9. The third-order valence-corrected chi connectivity index (χ3v) is 2.86. The molecule has 0 aliphatic heterocycles. The summed E-state index contributed by atoms with van der Waals surface area (Å²) in [5, 5.41) is 16.6. The fraction of sp³-hybridized carbons (Fsp3) is 0.250. The Morgan fingerprint density at radius 2 is 2.19 bits per heavy atom. The molecule has 0 atom stereocenters. The highest BCUT2D eigenvalue weighted by Gasteiger charge is 2.13. The molecule has 1 amide bonds. The maximum absolute atomic E-state index is 11.8. The third kappa shape index (κ3) is 3.99. The van der Waals surface area contributed by atoms with Crippen LogP contribution in [-0.2, 0) is 14.3 Å². The van der Waals surface area contributed by atoms with Crippen molar-refractivity contribution in [2.24, 2.45) is 0 Å². The van der Waals surface area contributed by atoms with Gasteiger partial charge in [-0.2, -0.15) is 5.21 Å². The highest BCUT2D eigenvalue weighted by molar-refractivity contribution is 6.31. The minimum absolute atomic E-state index is 0.000439. The minimum atomic E-state index is -0.449. The average molecular weight is 310 g/mol. The first-order valence-corrected chi connectivity index (χ1v) is 6.38. The van der Waals surface area contributed by atoms with Crippen molar-refractivity contribution in [2.45, 2.75) is 12.8 Å². The van der Waals surface area contributed by atoms with Crippen molar-refractivity contribution in [2.75, 3.05) is 12.4 Å². The van der Waals surface area contributed by atoms with Crippen LogP contribution in [0.2, 0.25) is 5.02 Å². The lowest BCUT2D eigenvalue weighted by Gasteiger charge is -2.09. The van der Waals surface area contributed by atoms with E-state index in [1.165, 1.54) is 7.11 Å². The number of hydrogen-bond acceptors (Lipinski definition) is 6. The van der Waals surface area contributed by atoms with E-state index in [0.717, 1.165) is 0 Å². The molecule has 0 saturated heterocycles. The van der Waals surface area contributed by atoms with Crippen LogP contribution in [0.4, 0.5) is 5.69 Å². The van der Waals surface area contributed by atoms with E-state index >= 15 is 0 Å². The van der Waals surface area contributed by atoms with Crippen molar-refractivity contribution >= 4 is 29.2 Å². The Bertz CT molecular complexity index is 644. The van der Waals surface area contributed by atoms with E-state index in [2.05, 4.69) is 30.7 Å². The van der Waals surface area contributed by atoms with Crippen LogP contribution in [0.15, 0.2) is 18.2 Å². The number of carbonyl (C=O) groups is 2. The quantitative estimate of drug-likeness (QED) is 0.808. The number of carbonyl (C=O) groups excluding carboxylic acids is 2. The SMILES string of the molecule is COC(=O)CCC(=O)Nc1cc(Cl)ccc1-c1nn[nH]n1. The molecule has 1 aromatic heterocycles. The highest BCUT2D eigenvalue weighted by Crippen LogP contribution is 2.28. The maximum atomic E-state index is 11.8. The third-order valence-electron chi connectivity index (χ3n) is 2.63. The lowest BCUT2D eigenvalue weighted by atomic mass is 10.1. The van der Waals surface area contributed by atoms with Crippen LogP contribution >= 0.6 is 11.6 Å². The number of esters is 1. The number of methoxy groups -OCH3 is 1. The first-order valence-electron chi connectivity index (χ1n) is 6.00. The van der Waals surface area contributed by atoms with E-state index in [9.17, 15) is 9.59 Å². The summed E-state index contributed by atoms with van der Waals surface area (Å²) in [5.41, 5.74) is 1.01. The number of ether oxygens (including phenoxy) is 1. The predicted molar refractivity (Wildman–Crippen MR) is 74.5 cm³/mol. The van der Waals surface area contributed by atoms with Crippen LogP contribution in [0.1, 0.15) is 12.8 Å². The average Bonchev–Trinajstić information content (AvgIpc) is 2.99. The van der Waals surface area contributed by atoms with Crippen LogP contribution in [0.3, 0.4) is 0 Å². The van der Waals surface area contributed by atoms with E-state index in [-0.39, 0.29) is 18.7 Å². The number of aromatic amines is 1. The van der Waals surface area contributed by atoms with Gasteiger partial charge in [0.2, 0.25) is 11.7 Å².